The molecule has 2 aliphatic rings. The maximum absolute atomic E-state index is 12.5. The second kappa shape index (κ2) is 6.92. The molecule has 2 amide bonds. The maximum Gasteiger partial charge on any atom is 0.263 e. The van der Waals surface area contributed by atoms with Crippen molar-refractivity contribution in [3.05, 3.63) is 44.8 Å². The summed E-state index contributed by atoms with van der Waals surface area (Å²) in [6.07, 6.45) is 4.24. The fourth-order valence-electron chi connectivity index (χ4n) is 3.99. The Hall–Kier alpha value is -1.66. The SMILES string of the molecule is O=C(c1ccsc1)N1CCC2(CC1)CCN(C(=O)c1cccs1)CC2. The molecule has 25 heavy (non-hydrogen) atoms. The van der Waals surface area contributed by atoms with Gasteiger partial charge in [0, 0.05) is 31.6 Å². The highest BCUT2D eigenvalue weighted by molar-refractivity contribution is 7.12. The number of piperidine rings is 2. The van der Waals surface area contributed by atoms with E-state index in [-0.39, 0.29) is 11.8 Å². The van der Waals surface area contributed by atoms with Crippen LogP contribution in [0.3, 0.4) is 0 Å². The van der Waals surface area contributed by atoms with Crippen LogP contribution in [0.25, 0.3) is 0 Å². The van der Waals surface area contributed by atoms with Gasteiger partial charge in [0.05, 0.1) is 10.4 Å². The summed E-state index contributed by atoms with van der Waals surface area (Å²) >= 11 is 3.09. The van der Waals surface area contributed by atoms with Crippen molar-refractivity contribution in [1.82, 2.24) is 9.80 Å². The van der Waals surface area contributed by atoms with E-state index in [1.807, 2.05) is 44.1 Å². The lowest BCUT2D eigenvalue weighted by Crippen LogP contribution is -2.49. The van der Waals surface area contributed by atoms with Crippen molar-refractivity contribution in [2.24, 2.45) is 5.41 Å². The van der Waals surface area contributed by atoms with E-state index in [9.17, 15) is 9.59 Å². The van der Waals surface area contributed by atoms with Crippen LogP contribution < -0.4 is 0 Å². The molecule has 0 aliphatic carbocycles. The second-order valence-corrected chi connectivity index (χ2v) is 8.80. The first-order chi connectivity index (χ1) is 12.2. The fraction of sp³-hybridized carbons (Fsp3) is 0.474. The molecule has 0 N–H and O–H groups in total. The molecular formula is C19H22N2O2S2. The van der Waals surface area contributed by atoms with Gasteiger partial charge in [0.2, 0.25) is 0 Å². The van der Waals surface area contributed by atoms with Gasteiger partial charge in [0.25, 0.3) is 11.8 Å². The summed E-state index contributed by atoms with van der Waals surface area (Å²) in [5, 5.41) is 5.85. The van der Waals surface area contributed by atoms with Crippen LogP contribution in [-0.4, -0.2) is 47.8 Å². The van der Waals surface area contributed by atoms with Crippen LogP contribution in [0.1, 0.15) is 45.7 Å². The molecule has 0 aromatic carbocycles. The number of hydrogen-bond acceptors (Lipinski definition) is 4. The van der Waals surface area contributed by atoms with E-state index in [2.05, 4.69) is 0 Å². The highest BCUT2D eigenvalue weighted by Gasteiger charge is 2.39. The number of likely N-dealkylation sites (tertiary alicyclic amines) is 2. The number of thiophene rings is 2. The Morgan fingerprint density at radius 1 is 0.880 bits per heavy atom. The zero-order valence-corrected chi connectivity index (χ0v) is 15.8. The van der Waals surface area contributed by atoms with Crippen LogP contribution in [0, 0.1) is 5.41 Å². The summed E-state index contributed by atoms with van der Waals surface area (Å²) in [6.45, 7) is 3.37. The average Bonchev–Trinajstić information content (AvgIpc) is 3.36. The maximum atomic E-state index is 12.5. The molecule has 4 nitrogen and oxygen atoms in total. The molecule has 0 atom stereocenters. The Balaban J connectivity index is 1.32. The molecule has 6 heteroatoms. The van der Waals surface area contributed by atoms with Gasteiger partial charge in [0.15, 0.2) is 0 Å². The Morgan fingerprint density at radius 3 is 2.04 bits per heavy atom. The van der Waals surface area contributed by atoms with Crippen LogP contribution in [0.4, 0.5) is 0 Å². The van der Waals surface area contributed by atoms with Gasteiger partial charge in [-0.15, -0.1) is 11.3 Å². The molecule has 2 aromatic rings. The van der Waals surface area contributed by atoms with Crippen molar-refractivity contribution in [2.45, 2.75) is 25.7 Å². The van der Waals surface area contributed by atoms with Crippen LogP contribution in [0.15, 0.2) is 34.3 Å². The second-order valence-electron chi connectivity index (χ2n) is 7.07. The Labute approximate surface area is 156 Å². The molecular weight excluding hydrogens is 352 g/mol. The molecule has 132 valence electrons. The zero-order valence-electron chi connectivity index (χ0n) is 14.1. The predicted octanol–water partition coefficient (Wildman–Crippen LogP) is 3.97. The zero-order chi connectivity index (χ0) is 17.3. The first-order valence-corrected chi connectivity index (χ1v) is 10.6. The van der Waals surface area contributed by atoms with Crippen molar-refractivity contribution in [3.8, 4) is 0 Å². The van der Waals surface area contributed by atoms with Crippen LogP contribution in [0.2, 0.25) is 0 Å². The lowest BCUT2D eigenvalue weighted by molar-refractivity contribution is 0.0283. The molecule has 0 bridgehead atoms. The minimum absolute atomic E-state index is 0.168. The van der Waals surface area contributed by atoms with Crippen molar-refractivity contribution in [1.29, 1.82) is 0 Å². The summed E-state index contributed by atoms with van der Waals surface area (Å²) in [5.41, 5.74) is 1.13. The summed E-state index contributed by atoms with van der Waals surface area (Å²) in [7, 11) is 0. The molecule has 2 saturated heterocycles. The van der Waals surface area contributed by atoms with E-state index in [4.69, 9.17) is 0 Å². The highest BCUT2D eigenvalue weighted by atomic mass is 32.1. The lowest BCUT2D eigenvalue weighted by Gasteiger charge is -2.46. The number of nitrogens with zero attached hydrogens (tertiary/aromatic N) is 2. The summed E-state index contributed by atoms with van der Waals surface area (Å²) in [5.74, 6) is 0.344. The normalized spacial score (nSPS) is 20.0. The van der Waals surface area contributed by atoms with E-state index in [0.29, 0.717) is 5.41 Å². The number of amides is 2. The molecule has 2 fully saturated rings. The topological polar surface area (TPSA) is 40.6 Å². The van der Waals surface area contributed by atoms with Gasteiger partial charge in [-0.2, -0.15) is 11.3 Å². The van der Waals surface area contributed by atoms with Crippen molar-refractivity contribution < 1.29 is 9.59 Å². The molecule has 0 saturated carbocycles. The highest BCUT2D eigenvalue weighted by Crippen LogP contribution is 2.41. The van der Waals surface area contributed by atoms with Gasteiger partial charge >= 0.3 is 0 Å². The minimum Gasteiger partial charge on any atom is -0.339 e. The monoisotopic (exact) mass is 374 g/mol. The largest absolute Gasteiger partial charge is 0.339 e. The molecule has 0 unspecified atom stereocenters. The van der Waals surface area contributed by atoms with Gasteiger partial charge in [-0.05, 0) is 54.0 Å². The molecule has 1 spiro atoms. The van der Waals surface area contributed by atoms with Crippen LogP contribution in [-0.2, 0) is 0 Å². The predicted molar refractivity (Wildman–Crippen MR) is 101 cm³/mol. The third-order valence-corrected chi connectivity index (χ3v) is 7.26. The van der Waals surface area contributed by atoms with Gasteiger partial charge in [0.1, 0.15) is 0 Å². The summed E-state index contributed by atoms with van der Waals surface area (Å²) in [4.78, 5) is 29.8. The van der Waals surface area contributed by atoms with E-state index < -0.39 is 0 Å². The molecule has 4 rings (SSSR count). The van der Waals surface area contributed by atoms with Crippen LogP contribution >= 0.6 is 22.7 Å². The number of hydrogen-bond donors (Lipinski definition) is 0. The van der Waals surface area contributed by atoms with E-state index in [1.165, 1.54) is 11.3 Å². The van der Waals surface area contributed by atoms with Gasteiger partial charge in [-0.1, -0.05) is 6.07 Å². The van der Waals surface area contributed by atoms with E-state index >= 15 is 0 Å². The van der Waals surface area contributed by atoms with Crippen LogP contribution in [0.5, 0.6) is 0 Å². The lowest BCUT2D eigenvalue weighted by atomic mass is 9.71. The third-order valence-electron chi connectivity index (χ3n) is 5.72. The molecule has 2 aliphatic heterocycles. The number of carbonyl (C=O) groups is 2. The quantitative estimate of drug-likeness (QED) is 0.798. The first-order valence-electron chi connectivity index (χ1n) is 8.81. The fourth-order valence-corrected chi connectivity index (χ4v) is 5.31. The summed E-state index contributed by atoms with van der Waals surface area (Å²) in [6, 6.07) is 5.75. The number of rotatable bonds is 2. The molecule has 4 heterocycles. The molecule has 0 radical (unpaired) electrons. The Morgan fingerprint density at radius 2 is 1.52 bits per heavy atom. The smallest absolute Gasteiger partial charge is 0.263 e. The summed E-state index contributed by atoms with van der Waals surface area (Å²) < 4.78 is 0. The van der Waals surface area contributed by atoms with Gasteiger partial charge in [-0.3, -0.25) is 9.59 Å². The third kappa shape index (κ3) is 3.37. The minimum atomic E-state index is 0.168. The Bertz CT molecular complexity index is 656. The van der Waals surface area contributed by atoms with Crippen molar-refractivity contribution in [3.63, 3.8) is 0 Å². The van der Waals surface area contributed by atoms with E-state index in [1.54, 1.807) is 11.3 Å². The van der Waals surface area contributed by atoms with E-state index in [0.717, 1.165) is 62.3 Å². The Kier molecular flexibility index (Phi) is 4.65. The average molecular weight is 375 g/mol. The molecule has 2 aromatic heterocycles. The van der Waals surface area contributed by atoms with Gasteiger partial charge < -0.3 is 9.80 Å². The van der Waals surface area contributed by atoms with Crippen molar-refractivity contribution in [2.75, 3.05) is 26.2 Å². The first kappa shape index (κ1) is 16.8. The number of carbonyl (C=O) groups excluding carboxylic acids is 2. The standard InChI is InChI=1S/C19H22N2O2S2/c22-17(15-3-13-24-14-15)20-8-4-19(5-9-20)6-10-21(11-7-19)18(23)16-2-1-12-25-16/h1-3,12-14H,4-11H2. The van der Waals surface area contributed by atoms with Crippen molar-refractivity contribution >= 4 is 34.5 Å². The van der Waals surface area contributed by atoms with Gasteiger partial charge in [-0.25, -0.2) is 0 Å².